The lowest BCUT2D eigenvalue weighted by molar-refractivity contribution is 0.0951. The van der Waals surface area contributed by atoms with Gasteiger partial charge in [-0.05, 0) is 61.5 Å². The fourth-order valence-electron chi connectivity index (χ4n) is 1.61. The van der Waals surface area contributed by atoms with E-state index in [9.17, 15) is 4.79 Å². The number of nitrogens with zero attached hydrogens (tertiary/aromatic N) is 1. The lowest BCUT2D eigenvalue weighted by atomic mass is 10.1. The van der Waals surface area contributed by atoms with Gasteiger partial charge in [0, 0.05) is 11.0 Å². The van der Waals surface area contributed by atoms with Crippen LogP contribution >= 0.6 is 15.9 Å². The van der Waals surface area contributed by atoms with E-state index in [4.69, 9.17) is 0 Å². The van der Waals surface area contributed by atoms with E-state index in [1.165, 1.54) is 0 Å². The minimum Gasteiger partial charge on any atom is -0.352 e. The molecule has 0 atom stereocenters. The van der Waals surface area contributed by atoms with Gasteiger partial charge in [0.1, 0.15) is 0 Å². The summed E-state index contributed by atoms with van der Waals surface area (Å²) < 4.78 is 0.850. The molecule has 0 aliphatic rings. The van der Waals surface area contributed by atoms with Crippen LogP contribution in [0.2, 0.25) is 0 Å². The smallest absolute Gasteiger partial charge is 0.252 e. The van der Waals surface area contributed by atoms with Crippen LogP contribution in [0.25, 0.3) is 0 Å². The fourth-order valence-corrected chi connectivity index (χ4v) is 2.25. The van der Waals surface area contributed by atoms with Gasteiger partial charge in [-0.25, -0.2) is 0 Å². The van der Waals surface area contributed by atoms with E-state index in [1.54, 1.807) is 0 Å². The molecule has 4 heteroatoms. The van der Waals surface area contributed by atoms with Gasteiger partial charge in [-0.15, -0.1) is 0 Å². The molecule has 1 amide bonds. The largest absolute Gasteiger partial charge is 0.352 e. The molecule has 0 fully saturated rings. The van der Waals surface area contributed by atoms with Gasteiger partial charge in [0.15, 0.2) is 0 Å². The molecule has 0 aromatic heterocycles. The molecule has 1 aromatic carbocycles. The summed E-state index contributed by atoms with van der Waals surface area (Å²) in [6, 6.07) is 5.77. The normalized spacial score (nSPS) is 10.6. The third kappa shape index (κ3) is 4.48. The highest BCUT2D eigenvalue weighted by Gasteiger charge is 2.11. The van der Waals surface area contributed by atoms with Crippen molar-refractivity contribution >= 4 is 21.8 Å². The SMILES string of the molecule is Cc1cccc(Br)c1C(=O)NCCCN(C)C. The van der Waals surface area contributed by atoms with Crippen molar-refractivity contribution in [1.82, 2.24) is 10.2 Å². The quantitative estimate of drug-likeness (QED) is 0.847. The second-order valence-corrected chi connectivity index (χ2v) is 5.20. The van der Waals surface area contributed by atoms with Crippen molar-refractivity contribution in [2.45, 2.75) is 13.3 Å². The van der Waals surface area contributed by atoms with E-state index >= 15 is 0 Å². The highest BCUT2D eigenvalue weighted by molar-refractivity contribution is 9.10. The fraction of sp³-hybridized carbons (Fsp3) is 0.462. The highest BCUT2D eigenvalue weighted by Crippen LogP contribution is 2.19. The van der Waals surface area contributed by atoms with Crippen molar-refractivity contribution in [3.63, 3.8) is 0 Å². The Labute approximate surface area is 111 Å². The molecule has 0 spiro atoms. The van der Waals surface area contributed by atoms with E-state index in [0.717, 1.165) is 28.6 Å². The zero-order valence-electron chi connectivity index (χ0n) is 10.6. The Balaban J connectivity index is 2.53. The Morgan fingerprint density at radius 1 is 1.41 bits per heavy atom. The molecule has 17 heavy (non-hydrogen) atoms. The van der Waals surface area contributed by atoms with Crippen LogP contribution in [0, 0.1) is 6.92 Å². The van der Waals surface area contributed by atoms with Crippen LogP contribution in [0.4, 0.5) is 0 Å². The zero-order valence-corrected chi connectivity index (χ0v) is 12.2. The van der Waals surface area contributed by atoms with Crippen molar-refractivity contribution in [1.29, 1.82) is 0 Å². The molecule has 0 aliphatic carbocycles. The predicted octanol–water partition coefficient (Wildman–Crippen LogP) is 2.44. The van der Waals surface area contributed by atoms with Gasteiger partial charge in [-0.1, -0.05) is 12.1 Å². The van der Waals surface area contributed by atoms with E-state index in [2.05, 4.69) is 26.1 Å². The molecule has 1 rings (SSSR count). The second-order valence-electron chi connectivity index (χ2n) is 4.34. The first-order valence-corrected chi connectivity index (χ1v) is 6.49. The van der Waals surface area contributed by atoms with Crippen LogP contribution in [-0.2, 0) is 0 Å². The number of hydrogen-bond donors (Lipinski definition) is 1. The molecule has 0 bridgehead atoms. The van der Waals surface area contributed by atoms with Crippen LogP contribution in [0.3, 0.4) is 0 Å². The Morgan fingerprint density at radius 2 is 2.12 bits per heavy atom. The van der Waals surface area contributed by atoms with Crippen LogP contribution in [0.5, 0.6) is 0 Å². The maximum absolute atomic E-state index is 12.0. The maximum Gasteiger partial charge on any atom is 0.252 e. The summed E-state index contributed by atoms with van der Waals surface area (Å²) in [5.41, 5.74) is 1.72. The molecule has 0 saturated carbocycles. The van der Waals surface area contributed by atoms with Gasteiger partial charge in [0.05, 0.1) is 5.56 Å². The summed E-state index contributed by atoms with van der Waals surface area (Å²) in [6.07, 6.45) is 0.961. The molecule has 3 nitrogen and oxygen atoms in total. The lowest BCUT2D eigenvalue weighted by Gasteiger charge is -2.11. The minimum atomic E-state index is -0.00580. The first kappa shape index (κ1) is 14.2. The number of halogens is 1. The van der Waals surface area contributed by atoms with Gasteiger partial charge in [0.2, 0.25) is 0 Å². The van der Waals surface area contributed by atoms with Crippen LogP contribution < -0.4 is 5.32 Å². The van der Waals surface area contributed by atoms with E-state index in [0.29, 0.717) is 6.54 Å². The first-order valence-electron chi connectivity index (χ1n) is 5.70. The van der Waals surface area contributed by atoms with Crippen LogP contribution in [0.1, 0.15) is 22.3 Å². The third-order valence-electron chi connectivity index (χ3n) is 2.52. The number of rotatable bonds is 5. The van der Waals surface area contributed by atoms with Crippen LogP contribution in [-0.4, -0.2) is 38.0 Å². The number of amides is 1. The van der Waals surface area contributed by atoms with E-state index < -0.39 is 0 Å². The summed E-state index contributed by atoms with van der Waals surface area (Å²) in [7, 11) is 4.06. The predicted molar refractivity (Wildman–Crippen MR) is 74.4 cm³/mol. The van der Waals surface area contributed by atoms with Crippen molar-refractivity contribution in [2.24, 2.45) is 0 Å². The van der Waals surface area contributed by atoms with Crippen molar-refractivity contribution in [3.8, 4) is 0 Å². The monoisotopic (exact) mass is 298 g/mol. The summed E-state index contributed by atoms with van der Waals surface area (Å²) in [5.74, 6) is -0.00580. The minimum absolute atomic E-state index is 0.00580. The van der Waals surface area contributed by atoms with Gasteiger partial charge in [-0.2, -0.15) is 0 Å². The second kappa shape index (κ2) is 6.77. The molecule has 0 radical (unpaired) electrons. The molecule has 1 aromatic rings. The molecule has 1 N–H and O–H groups in total. The molecule has 0 unspecified atom stereocenters. The topological polar surface area (TPSA) is 32.3 Å². The van der Waals surface area contributed by atoms with Crippen molar-refractivity contribution in [2.75, 3.05) is 27.2 Å². The summed E-state index contributed by atoms with van der Waals surface area (Å²) in [6.45, 7) is 3.63. The lowest BCUT2D eigenvalue weighted by Crippen LogP contribution is -2.27. The number of carbonyl (C=O) groups is 1. The number of nitrogens with one attached hydrogen (secondary N) is 1. The summed E-state index contributed by atoms with van der Waals surface area (Å²) >= 11 is 3.41. The van der Waals surface area contributed by atoms with E-state index in [1.807, 2.05) is 39.2 Å². The molecular weight excluding hydrogens is 280 g/mol. The van der Waals surface area contributed by atoms with Gasteiger partial charge < -0.3 is 10.2 Å². The number of hydrogen-bond acceptors (Lipinski definition) is 2. The molecule has 0 saturated heterocycles. The van der Waals surface area contributed by atoms with Gasteiger partial charge >= 0.3 is 0 Å². The van der Waals surface area contributed by atoms with E-state index in [-0.39, 0.29) is 5.91 Å². The Bertz CT molecular complexity index is 371. The molecule has 0 aliphatic heterocycles. The number of carbonyl (C=O) groups excluding carboxylic acids is 1. The van der Waals surface area contributed by atoms with Crippen LogP contribution in [0.15, 0.2) is 22.7 Å². The van der Waals surface area contributed by atoms with Gasteiger partial charge in [-0.3, -0.25) is 4.79 Å². The standard InChI is InChI=1S/C13H19BrN2O/c1-10-6-4-7-11(14)12(10)13(17)15-8-5-9-16(2)3/h4,6-7H,5,8-9H2,1-3H3,(H,15,17). The Morgan fingerprint density at radius 3 is 2.71 bits per heavy atom. The molecular formula is C13H19BrN2O. The zero-order chi connectivity index (χ0) is 12.8. The van der Waals surface area contributed by atoms with Crippen molar-refractivity contribution < 1.29 is 4.79 Å². The maximum atomic E-state index is 12.0. The average molecular weight is 299 g/mol. The summed E-state index contributed by atoms with van der Waals surface area (Å²) in [4.78, 5) is 14.1. The van der Waals surface area contributed by atoms with Crippen molar-refractivity contribution in [3.05, 3.63) is 33.8 Å². The highest BCUT2D eigenvalue weighted by atomic mass is 79.9. The molecule has 94 valence electrons. The first-order chi connectivity index (χ1) is 8.02. The Kier molecular flexibility index (Phi) is 5.65. The average Bonchev–Trinajstić information content (AvgIpc) is 2.24. The van der Waals surface area contributed by atoms with Gasteiger partial charge in [0.25, 0.3) is 5.91 Å². The Hall–Kier alpha value is -0.870. The third-order valence-corrected chi connectivity index (χ3v) is 3.18. The molecule has 0 heterocycles. The number of aryl methyl sites for hydroxylation is 1. The summed E-state index contributed by atoms with van der Waals surface area (Å²) in [5, 5.41) is 2.94. The number of benzene rings is 1.